The van der Waals surface area contributed by atoms with Crippen LogP contribution in [-0.2, 0) is 0 Å². The lowest BCUT2D eigenvalue weighted by Crippen LogP contribution is -2.47. The van der Waals surface area contributed by atoms with Gasteiger partial charge in [0.1, 0.15) is 0 Å². The number of nitrogen functional groups attached to an aromatic ring is 1. The van der Waals surface area contributed by atoms with Crippen molar-refractivity contribution in [2.45, 2.75) is 18.9 Å². The molecule has 1 aliphatic carbocycles. The molecule has 0 aromatic carbocycles. The average molecular weight is 225 g/mol. The molecule has 82 valence electrons. The molecule has 1 aromatic rings. The van der Waals surface area contributed by atoms with E-state index in [1.54, 1.807) is 0 Å². The molecule has 1 saturated heterocycles. The molecule has 15 heavy (non-hydrogen) atoms. The zero-order valence-electron chi connectivity index (χ0n) is 8.59. The maximum Gasteiger partial charge on any atom is 0.233 e. The minimum atomic E-state index is 0.402. The highest BCUT2D eigenvalue weighted by atomic mass is 32.1. The lowest BCUT2D eigenvalue weighted by molar-refractivity contribution is 0.248. The minimum Gasteiger partial charge on any atom is -0.367 e. The number of nitrogens with two attached hydrogens (primary N) is 1. The topological polar surface area (TPSA) is 58.3 Å². The van der Waals surface area contributed by atoms with E-state index in [4.69, 9.17) is 5.73 Å². The van der Waals surface area contributed by atoms with Crippen molar-refractivity contribution < 1.29 is 0 Å². The standard InChI is InChI=1S/C9H15N5S/c10-8-11-9(15-12-8)14-5-3-13(4-6-14)7-1-2-7/h7H,1-6H2,(H2,10,12). The van der Waals surface area contributed by atoms with E-state index in [0.29, 0.717) is 5.95 Å². The molecule has 1 aromatic heterocycles. The number of nitrogens with zero attached hydrogens (tertiary/aromatic N) is 4. The Bertz CT molecular complexity index is 340. The molecule has 2 N–H and O–H groups in total. The van der Waals surface area contributed by atoms with Crippen LogP contribution in [-0.4, -0.2) is 46.5 Å². The first-order chi connectivity index (χ1) is 7.33. The Hall–Kier alpha value is -0.880. The van der Waals surface area contributed by atoms with Crippen LogP contribution in [0.25, 0.3) is 0 Å². The average Bonchev–Trinajstić information content (AvgIpc) is 3.02. The molecule has 3 rings (SSSR count). The Labute approximate surface area is 93.1 Å². The summed E-state index contributed by atoms with van der Waals surface area (Å²) in [5, 5.41) is 0.975. The Balaban J connectivity index is 1.61. The third-order valence-corrected chi connectivity index (χ3v) is 3.87. The Kier molecular flexibility index (Phi) is 2.25. The van der Waals surface area contributed by atoms with Crippen molar-refractivity contribution in [2.75, 3.05) is 36.8 Å². The van der Waals surface area contributed by atoms with Crippen molar-refractivity contribution in [3.63, 3.8) is 0 Å². The van der Waals surface area contributed by atoms with Crippen LogP contribution in [0.2, 0.25) is 0 Å². The summed E-state index contributed by atoms with van der Waals surface area (Å²) in [5.74, 6) is 0.402. The summed E-state index contributed by atoms with van der Waals surface area (Å²) < 4.78 is 4.01. The summed E-state index contributed by atoms with van der Waals surface area (Å²) in [5.41, 5.74) is 5.52. The second-order valence-electron chi connectivity index (χ2n) is 4.19. The van der Waals surface area contributed by atoms with Crippen LogP contribution in [0, 0.1) is 0 Å². The van der Waals surface area contributed by atoms with Crippen LogP contribution < -0.4 is 10.6 Å². The second kappa shape index (κ2) is 3.61. The van der Waals surface area contributed by atoms with Gasteiger partial charge in [-0.05, 0) is 12.8 Å². The molecule has 2 aliphatic rings. The number of aromatic nitrogens is 2. The fourth-order valence-electron chi connectivity index (χ4n) is 2.07. The van der Waals surface area contributed by atoms with E-state index in [2.05, 4.69) is 19.2 Å². The van der Waals surface area contributed by atoms with Gasteiger partial charge in [-0.25, -0.2) is 0 Å². The summed E-state index contributed by atoms with van der Waals surface area (Å²) in [6, 6.07) is 0.881. The molecule has 5 nitrogen and oxygen atoms in total. The highest BCUT2D eigenvalue weighted by Gasteiger charge is 2.31. The molecular weight excluding hydrogens is 210 g/mol. The normalized spacial score (nSPS) is 23.3. The number of rotatable bonds is 2. The minimum absolute atomic E-state index is 0.402. The molecule has 0 bridgehead atoms. The van der Waals surface area contributed by atoms with Gasteiger partial charge >= 0.3 is 0 Å². The van der Waals surface area contributed by atoms with Gasteiger partial charge in [-0.3, -0.25) is 4.90 Å². The van der Waals surface area contributed by atoms with Crippen molar-refractivity contribution in [1.82, 2.24) is 14.3 Å². The first-order valence-electron chi connectivity index (χ1n) is 5.41. The predicted octanol–water partition coefficient (Wildman–Crippen LogP) is 0.405. The van der Waals surface area contributed by atoms with E-state index in [9.17, 15) is 0 Å². The third kappa shape index (κ3) is 1.91. The monoisotopic (exact) mass is 225 g/mol. The first-order valence-corrected chi connectivity index (χ1v) is 6.18. The van der Waals surface area contributed by atoms with Gasteiger partial charge in [0, 0.05) is 43.8 Å². The van der Waals surface area contributed by atoms with Gasteiger partial charge in [-0.1, -0.05) is 0 Å². The Morgan fingerprint density at radius 2 is 1.93 bits per heavy atom. The molecule has 1 saturated carbocycles. The highest BCUT2D eigenvalue weighted by Crippen LogP contribution is 2.28. The van der Waals surface area contributed by atoms with Gasteiger partial charge < -0.3 is 10.6 Å². The summed E-state index contributed by atoms with van der Waals surface area (Å²) in [7, 11) is 0. The van der Waals surface area contributed by atoms with Gasteiger partial charge in [-0.15, -0.1) is 0 Å². The number of anilines is 2. The van der Waals surface area contributed by atoms with Gasteiger partial charge in [-0.2, -0.15) is 9.36 Å². The second-order valence-corrected chi connectivity index (χ2v) is 4.92. The smallest absolute Gasteiger partial charge is 0.233 e. The van der Waals surface area contributed by atoms with Crippen molar-refractivity contribution in [1.29, 1.82) is 0 Å². The Morgan fingerprint density at radius 1 is 1.20 bits per heavy atom. The predicted molar refractivity (Wildman–Crippen MR) is 61.1 cm³/mol. The molecule has 0 radical (unpaired) electrons. The summed E-state index contributed by atoms with van der Waals surface area (Å²) >= 11 is 1.40. The molecule has 6 heteroatoms. The summed E-state index contributed by atoms with van der Waals surface area (Å²) in [6.07, 6.45) is 2.79. The van der Waals surface area contributed by atoms with E-state index in [-0.39, 0.29) is 0 Å². The maximum atomic E-state index is 5.52. The quantitative estimate of drug-likeness (QED) is 0.789. The van der Waals surface area contributed by atoms with Crippen molar-refractivity contribution in [3.05, 3.63) is 0 Å². The maximum absolute atomic E-state index is 5.52. The van der Waals surface area contributed by atoms with Crippen LogP contribution in [0.4, 0.5) is 11.1 Å². The number of hydrogen-bond acceptors (Lipinski definition) is 6. The number of piperazine rings is 1. The summed E-state index contributed by atoms with van der Waals surface area (Å²) in [4.78, 5) is 9.08. The van der Waals surface area contributed by atoms with Crippen LogP contribution in [0.15, 0.2) is 0 Å². The van der Waals surface area contributed by atoms with Crippen molar-refractivity contribution >= 4 is 22.6 Å². The summed E-state index contributed by atoms with van der Waals surface area (Å²) in [6.45, 7) is 4.44. The molecule has 0 amide bonds. The van der Waals surface area contributed by atoms with E-state index in [1.807, 2.05) is 0 Å². The molecule has 2 heterocycles. The van der Waals surface area contributed by atoms with Gasteiger partial charge in [0.25, 0.3) is 0 Å². The van der Waals surface area contributed by atoms with Crippen LogP contribution in [0.1, 0.15) is 12.8 Å². The first kappa shape index (κ1) is 9.35. The van der Waals surface area contributed by atoms with Gasteiger partial charge in [0.2, 0.25) is 11.1 Å². The fraction of sp³-hybridized carbons (Fsp3) is 0.778. The van der Waals surface area contributed by atoms with Crippen LogP contribution >= 0.6 is 11.5 Å². The zero-order chi connectivity index (χ0) is 10.3. The SMILES string of the molecule is Nc1nsc(N2CCN(C3CC3)CC2)n1. The van der Waals surface area contributed by atoms with E-state index in [0.717, 1.165) is 37.4 Å². The molecule has 0 spiro atoms. The van der Waals surface area contributed by atoms with Gasteiger partial charge in [0.05, 0.1) is 0 Å². The molecular formula is C9H15N5S. The van der Waals surface area contributed by atoms with Crippen molar-refractivity contribution in [2.24, 2.45) is 0 Å². The van der Waals surface area contributed by atoms with Gasteiger partial charge in [0.15, 0.2) is 0 Å². The zero-order valence-corrected chi connectivity index (χ0v) is 9.41. The molecule has 0 atom stereocenters. The van der Waals surface area contributed by atoms with Crippen LogP contribution in [0.3, 0.4) is 0 Å². The largest absolute Gasteiger partial charge is 0.367 e. The van der Waals surface area contributed by atoms with E-state index in [1.165, 1.54) is 24.4 Å². The fourth-order valence-corrected chi connectivity index (χ4v) is 2.72. The lowest BCUT2D eigenvalue weighted by atomic mass is 10.3. The molecule has 0 unspecified atom stereocenters. The van der Waals surface area contributed by atoms with Crippen molar-refractivity contribution in [3.8, 4) is 0 Å². The third-order valence-electron chi connectivity index (χ3n) is 3.08. The molecule has 2 fully saturated rings. The van der Waals surface area contributed by atoms with Crippen LogP contribution in [0.5, 0.6) is 0 Å². The van der Waals surface area contributed by atoms with E-state index < -0.39 is 0 Å². The molecule has 1 aliphatic heterocycles. The van der Waals surface area contributed by atoms with E-state index >= 15 is 0 Å². The Morgan fingerprint density at radius 3 is 2.47 bits per heavy atom. The lowest BCUT2D eigenvalue weighted by Gasteiger charge is -2.34. The highest BCUT2D eigenvalue weighted by molar-refractivity contribution is 7.09. The number of hydrogen-bond donors (Lipinski definition) is 1.